The molecule has 1 amide bonds. The van der Waals surface area contributed by atoms with Crippen molar-refractivity contribution in [1.29, 1.82) is 0 Å². The molecule has 0 atom stereocenters. The van der Waals surface area contributed by atoms with Gasteiger partial charge in [0.25, 0.3) is 0 Å². The lowest BCUT2D eigenvalue weighted by Crippen LogP contribution is -2.14. The van der Waals surface area contributed by atoms with Gasteiger partial charge in [0, 0.05) is 31.0 Å². The van der Waals surface area contributed by atoms with E-state index in [-0.39, 0.29) is 18.0 Å². The molecule has 0 aliphatic carbocycles. The Kier molecular flexibility index (Phi) is 4.09. The molecule has 0 bridgehead atoms. The van der Waals surface area contributed by atoms with Gasteiger partial charge in [-0.1, -0.05) is 0 Å². The van der Waals surface area contributed by atoms with Gasteiger partial charge < -0.3 is 15.0 Å². The highest BCUT2D eigenvalue weighted by atomic mass is 19.1. The number of nitrogens with one attached hydrogen (secondary N) is 1. The number of aromatic carboxylic acids is 1. The average molecular weight is 277 g/mol. The number of halogens is 1. The molecule has 2 aromatic rings. The maximum atomic E-state index is 13.2. The molecule has 1 aromatic heterocycles. The zero-order chi connectivity index (χ0) is 14.5. The second-order valence-electron chi connectivity index (χ2n) is 4.10. The lowest BCUT2D eigenvalue weighted by Gasteiger charge is -2.07. The van der Waals surface area contributed by atoms with E-state index >= 15 is 0 Å². The summed E-state index contributed by atoms with van der Waals surface area (Å²) >= 11 is 0. The van der Waals surface area contributed by atoms with Gasteiger partial charge >= 0.3 is 5.97 Å². The van der Waals surface area contributed by atoms with Gasteiger partial charge in [0.2, 0.25) is 5.91 Å². The number of imidazole rings is 1. The molecule has 0 saturated carbocycles. The first-order valence-corrected chi connectivity index (χ1v) is 5.84. The third-order valence-electron chi connectivity index (χ3n) is 2.64. The highest BCUT2D eigenvalue weighted by molar-refractivity contribution is 5.94. The second kappa shape index (κ2) is 5.96. The number of carboxylic acids is 1. The van der Waals surface area contributed by atoms with Gasteiger partial charge in [-0.05, 0) is 18.2 Å². The first-order chi connectivity index (χ1) is 9.56. The third-order valence-corrected chi connectivity index (χ3v) is 2.64. The Morgan fingerprint density at radius 3 is 2.85 bits per heavy atom. The van der Waals surface area contributed by atoms with E-state index in [1.54, 1.807) is 23.3 Å². The molecule has 7 heteroatoms. The van der Waals surface area contributed by atoms with Crippen LogP contribution in [0.25, 0.3) is 0 Å². The molecule has 2 rings (SSSR count). The smallest absolute Gasteiger partial charge is 0.338 e. The number of rotatable bonds is 5. The molecule has 1 aromatic carbocycles. The van der Waals surface area contributed by atoms with Gasteiger partial charge in [0.15, 0.2) is 0 Å². The summed E-state index contributed by atoms with van der Waals surface area (Å²) in [6.45, 7) is 0.457. The van der Waals surface area contributed by atoms with Crippen LogP contribution < -0.4 is 5.32 Å². The summed E-state index contributed by atoms with van der Waals surface area (Å²) in [5.74, 6) is -2.51. The van der Waals surface area contributed by atoms with Crippen LogP contribution in [0.3, 0.4) is 0 Å². The number of benzene rings is 1. The first-order valence-electron chi connectivity index (χ1n) is 5.84. The molecule has 0 fully saturated rings. The first kappa shape index (κ1) is 13.7. The number of aryl methyl sites for hydroxylation is 1. The molecule has 1 heterocycles. The number of carbonyl (C=O) groups is 2. The maximum absolute atomic E-state index is 13.2. The van der Waals surface area contributed by atoms with Crippen LogP contribution in [0, 0.1) is 5.82 Å². The summed E-state index contributed by atoms with van der Waals surface area (Å²) in [7, 11) is 0. The van der Waals surface area contributed by atoms with Crippen LogP contribution in [0.2, 0.25) is 0 Å². The van der Waals surface area contributed by atoms with Crippen molar-refractivity contribution in [2.75, 3.05) is 5.32 Å². The quantitative estimate of drug-likeness (QED) is 0.872. The van der Waals surface area contributed by atoms with Crippen molar-refractivity contribution >= 4 is 17.6 Å². The summed E-state index contributed by atoms with van der Waals surface area (Å²) in [4.78, 5) is 26.3. The Labute approximate surface area is 113 Å². The van der Waals surface area contributed by atoms with E-state index in [0.29, 0.717) is 6.54 Å². The molecule has 6 nitrogen and oxygen atoms in total. The summed E-state index contributed by atoms with van der Waals surface area (Å²) < 4.78 is 14.9. The van der Waals surface area contributed by atoms with Gasteiger partial charge in [0.05, 0.1) is 11.9 Å². The fourth-order valence-electron chi connectivity index (χ4n) is 1.64. The summed E-state index contributed by atoms with van der Waals surface area (Å²) in [6.07, 6.45) is 5.13. The number of nitrogens with zero attached hydrogens (tertiary/aromatic N) is 2. The van der Waals surface area contributed by atoms with Crippen LogP contribution in [-0.2, 0) is 11.3 Å². The molecule has 20 heavy (non-hydrogen) atoms. The molecular formula is C13H12FN3O3. The zero-order valence-corrected chi connectivity index (χ0v) is 10.4. The second-order valence-corrected chi connectivity index (χ2v) is 4.10. The molecule has 0 spiro atoms. The van der Waals surface area contributed by atoms with Crippen molar-refractivity contribution in [1.82, 2.24) is 9.55 Å². The highest BCUT2D eigenvalue weighted by Crippen LogP contribution is 2.15. The molecule has 2 N–H and O–H groups in total. The predicted octanol–water partition coefficient (Wildman–Crippen LogP) is 1.75. The van der Waals surface area contributed by atoms with Crippen LogP contribution in [0.15, 0.2) is 36.9 Å². The highest BCUT2D eigenvalue weighted by Gasteiger charge is 2.12. The standard InChI is InChI=1S/C13H12FN3O3/c14-11-2-1-9(7-10(11)13(19)20)16-12(18)3-5-17-6-4-15-8-17/h1-2,4,6-8H,3,5H2,(H,16,18)(H,19,20). The minimum Gasteiger partial charge on any atom is -0.478 e. The fraction of sp³-hybridized carbons (Fsp3) is 0.154. The fourth-order valence-corrected chi connectivity index (χ4v) is 1.64. The van der Waals surface area contributed by atoms with E-state index in [1.807, 2.05) is 0 Å². The molecule has 0 radical (unpaired) electrons. The molecular weight excluding hydrogens is 265 g/mol. The molecule has 0 unspecified atom stereocenters. The van der Waals surface area contributed by atoms with Crippen molar-refractivity contribution < 1.29 is 19.1 Å². The minimum atomic E-state index is -1.38. The maximum Gasteiger partial charge on any atom is 0.338 e. The van der Waals surface area contributed by atoms with Crippen molar-refractivity contribution in [2.24, 2.45) is 0 Å². The number of amides is 1. The third kappa shape index (κ3) is 3.41. The van der Waals surface area contributed by atoms with E-state index in [0.717, 1.165) is 12.1 Å². The Bertz CT molecular complexity index is 626. The number of hydrogen-bond donors (Lipinski definition) is 2. The van der Waals surface area contributed by atoms with Crippen LogP contribution >= 0.6 is 0 Å². The number of aromatic nitrogens is 2. The number of carboxylic acid groups (broad SMARTS) is 1. The van der Waals surface area contributed by atoms with Crippen LogP contribution in [-0.4, -0.2) is 26.5 Å². The van der Waals surface area contributed by atoms with Gasteiger partial charge in [-0.2, -0.15) is 0 Å². The average Bonchev–Trinajstić information content (AvgIpc) is 2.91. The van der Waals surface area contributed by atoms with Crippen molar-refractivity contribution in [3.05, 3.63) is 48.3 Å². The van der Waals surface area contributed by atoms with Crippen molar-refractivity contribution in [2.45, 2.75) is 13.0 Å². The van der Waals surface area contributed by atoms with Crippen LogP contribution in [0.1, 0.15) is 16.8 Å². The number of anilines is 1. The molecule has 0 aliphatic rings. The van der Waals surface area contributed by atoms with E-state index < -0.39 is 17.3 Å². The Morgan fingerprint density at radius 2 is 2.20 bits per heavy atom. The summed E-state index contributed by atoms with van der Waals surface area (Å²) in [6, 6.07) is 3.42. The topological polar surface area (TPSA) is 84.2 Å². The van der Waals surface area contributed by atoms with E-state index in [4.69, 9.17) is 5.11 Å². The minimum absolute atomic E-state index is 0.205. The number of hydrogen-bond acceptors (Lipinski definition) is 3. The zero-order valence-electron chi connectivity index (χ0n) is 10.4. The Hall–Kier alpha value is -2.70. The van der Waals surface area contributed by atoms with E-state index in [1.165, 1.54) is 6.07 Å². The lowest BCUT2D eigenvalue weighted by molar-refractivity contribution is -0.116. The molecule has 104 valence electrons. The molecule has 0 saturated heterocycles. The largest absolute Gasteiger partial charge is 0.478 e. The Balaban J connectivity index is 1.97. The Morgan fingerprint density at radius 1 is 1.40 bits per heavy atom. The SMILES string of the molecule is O=C(CCn1ccnc1)Nc1ccc(F)c(C(=O)O)c1. The van der Waals surface area contributed by atoms with Gasteiger partial charge in [0.1, 0.15) is 5.82 Å². The van der Waals surface area contributed by atoms with Gasteiger partial charge in [-0.15, -0.1) is 0 Å². The van der Waals surface area contributed by atoms with E-state index in [9.17, 15) is 14.0 Å². The lowest BCUT2D eigenvalue weighted by atomic mass is 10.2. The molecule has 0 aliphatic heterocycles. The van der Waals surface area contributed by atoms with E-state index in [2.05, 4.69) is 10.3 Å². The monoisotopic (exact) mass is 277 g/mol. The van der Waals surface area contributed by atoms with Crippen molar-refractivity contribution in [3.63, 3.8) is 0 Å². The van der Waals surface area contributed by atoms with Crippen molar-refractivity contribution in [3.8, 4) is 0 Å². The number of carbonyl (C=O) groups excluding carboxylic acids is 1. The van der Waals surface area contributed by atoms with Gasteiger partial charge in [-0.3, -0.25) is 4.79 Å². The van der Waals surface area contributed by atoms with Crippen LogP contribution in [0.4, 0.5) is 10.1 Å². The summed E-state index contributed by atoms with van der Waals surface area (Å²) in [5, 5.41) is 11.3. The van der Waals surface area contributed by atoms with Gasteiger partial charge in [-0.25, -0.2) is 14.2 Å². The van der Waals surface area contributed by atoms with Crippen LogP contribution in [0.5, 0.6) is 0 Å². The predicted molar refractivity (Wildman–Crippen MR) is 68.8 cm³/mol. The summed E-state index contributed by atoms with van der Waals surface area (Å²) in [5.41, 5.74) is -0.225. The normalized spacial score (nSPS) is 10.2.